The monoisotopic (exact) mass is 275 g/mol. The first-order valence-electron chi connectivity index (χ1n) is 4.01. The number of halogens is 5. The fraction of sp³-hybridized carbons (Fsp3) is 0.250. The first kappa shape index (κ1) is 13.8. The molecule has 0 N–H and O–H groups in total. The van der Waals surface area contributed by atoms with E-state index in [1.165, 1.54) is 0 Å². The molecule has 0 aliphatic heterocycles. The van der Waals surface area contributed by atoms with E-state index in [1.807, 2.05) is 0 Å². The molecule has 3 nitrogen and oxygen atoms in total. The quantitative estimate of drug-likeness (QED) is 0.628. The van der Waals surface area contributed by atoms with Gasteiger partial charge in [0.25, 0.3) is 0 Å². The summed E-state index contributed by atoms with van der Waals surface area (Å²) in [5.74, 6) is -3.79. The van der Waals surface area contributed by atoms with Crippen molar-refractivity contribution in [2.75, 3.05) is 0 Å². The van der Waals surface area contributed by atoms with E-state index in [0.29, 0.717) is 6.07 Å². The zero-order chi connectivity index (χ0) is 13.2. The molecule has 0 saturated carbocycles. The molecule has 0 amide bonds. The molecule has 9 heteroatoms. The van der Waals surface area contributed by atoms with Crippen LogP contribution in [-0.2, 0) is 17.8 Å². The lowest BCUT2D eigenvalue weighted by molar-refractivity contribution is -0.127. The summed E-state index contributed by atoms with van der Waals surface area (Å²) in [6, 6.07) is 0.571. The van der Waals surface area contributed by atoms with Crippen LogP contribution >= 0.6 is 0 Å². The van der Waals surface area contributed by atoms with Gasteiger partial charge in [0.15, 0.2) is 0 Å². The van der Waals surface area contributed by atoms with Crippen LogP contribution < -0.4 is 4.18 Å². The van der Waals surface area contributed by atoms with E-state index in [2.05, 4.69) is 4.18 Å². The maximum atomic E-state index is 13.1. The summed E-state index contributed by atoms with van der Waals surface area (Å²) < 4.78 is 86.2. The highest BCUT2D eigenvalue weighted by molar-refractivity contribution is 7.74. The van der Waals surface area contributed by atoms with Crippen LogP contribution in [0.4, 0.5) is 22.0 Å². The van der Waals surface area contributed by atoms with Gasteiger partial charge < -0.3 is 8.74 Å². The fourth-order valence-electron chi connectivity index (χ4n) is 1.10. The Balaban J connectivity index is 3.20. The third-order valence-corrected chi connectivity index (χ3v) is 1.97. The Hall–Kier alpha value is -1.22. The van der Waals surface area contributed by atoms with Crippen molar-refractivity contribution in [1.82, 2.24) is 0 Å². The second kappa shape index (κ2) is 4.96. The van der Waals surface area contributed by atoms with Gasteiger partial charge in [-0.05, 0) is 0 Å². The summed E-state index contributed by atoms with van der Waals surface area (Å²) in [7, 11) is 0. The summed E-state index contributed by atoms with van der Waals surface area (Å²) in [6.07, 6.45) is -6.53. The minimum Gasteiger partial charge on any atom is -0.740 e. The second-order valence-corrected chi connectivity index (χ2v) is 3.52. The van der Waals surface area contributed by atoms with Gasteiger partial charge in [-0.3, -0.25) is 0 Å². The molecule has 96 valence electrons. The van der Waals surface area contributed by atoms with Gasteiger partial charge in [-0.2, -0.15) is 13.2 Å². The van der Waals surface area contributed by atoms with E-state index in [1.54, 1.807) is 0 Å². The summed E-state index contributed by atoms with van der Waals surface area (Å²) >= 11 is -3.22. The first-order valence-corrected chi connectivity index (χ1v) is 5.01. The van der Waals surface area contributed by atoms with Crippen LogP contribution in [0.3, 0.4) is 0 Å². The van der Waals surface area contributed by atoms with E-state index in [0.717, 1.165) is 0 Å². The third-order valence-electron chi connectivity index (χ3n) is 1.65. The molecule has 0 aliphatic carbocycles. The van der Waals surface area contributed by atoms with E-state index in [4.69, 9.17) is 0 Å². The minimum atomic E-state index is -4.78. The molecule has 0 heterocycles. The smallest absolute Gasteiger partial charge is 0.393 e. The number of alkyl halides is 3. The molecule has 17 heavy (non-hydrogen) atoms. The highest BCUT2D eigenvalue weighted by atomic mass is 32.2. The Kier molecular flexibility index (Phi) is 4.04. The molecule has 0 fully saturated rings. The predicted octanol–water partition coefficient (Wildman–Crippen LogP) is 2.24. The van der Waals surface area contributed by atoms with E-state index in [9.17, 15) is 30.7 Å². The maximum absolute atomic E-state index is 13.1. The number of hydrogen-bond acceptors (Lipinski definition) is 3. The SMILES string of the molecule is O=S([O-])Oc1cc(F)cc(F)c1CC(F)(F)F. The normalized spacial score (nSPS) is 13.5. The number of hydrogen-bond donors (Lipinski definition) is 0. The molecule has 1 atom stereocenters. The molecule has 0 aromatic heterocycles. The molecule has 1 aromatic carbocycles. The first-order chi connectivity index (χ1) is 7.69. The van der Waals surface area contributed by atoms with Crippen LogP contribution in [0, 0.1) is 11.6 Å². The summed E-state index contributed by atoms with van der Waals surface area (Å²) in [4.78, 5) is 0. The zero-order valence-corrected chi connectivity index (χ0v) is 8.70. The minimum absolute atomic E-state index is 0.210. The summed E-state index contributed by atoms with van der Waals surface area (Å²) in [6.45, 7) is 0. The highest BCUT2D eigenvalue weighted by Gasteiger charge is 2.31. The van der Waals surface area contributed by atoms with Crippen LogP contribution in [0.1, 0.15) is 5.56 Å². The Morgan fingerprint density at radius 3 is 2.35 bits per heavy atom. The largest absolute Gasteiger partial charge is 0.740 e. The lowest BCUT2D eigenvalue weighted by Gasteiger charge is -2.14. The lowest BCUT2D eigenvalue weighted by atomic mass is 10.1. The third kappa shape index (κ3) is 4.27. The Labute approximate surface area is 94.7 Å². The summed E-state index contributed by atoms with van der Waals surface area (Å²) in [5.41, 5.74) is -1.07. The van der Waals surface area contributed by atoms with Gasteiger partial charge in [0, 0.05) is 17.7 Å². The Morgan fingerprint density at radius 2 is 1.88 bits per heavy atom. The number of benzene rings is 1. The molecule has 0 radical (unpaired) electrons. The van der Waals surface area contributed by atoms with Crippen LogP contribution in [0.2, 0.25) is 0 Å². The molecular formula is C8H4F5O3S-. The van der Waals surface area contributed by atoms with Crippen molar-refractivity contribution in [2.45, 2.75) is 12.6 Å². The summed E-state index contributed by atoms with van der Waals surface area (Å²) in [5, 5.41) is 0. The van der Waals surface area contributed by atoms with Crippen LogP contribution in [0.25, 0.3) is 0 Å². The average molecular weight is 275 g/mol. The van der Waals surface area contributed by atoms with Crippen LogP contribution in [-0.4, -0.2) is 14.9 Å². The van der Waals surface area contributed by atoms with Gasteiger partial charge in [-0.15, -0.1) is 0 Å². The van der Waals surface area contributed by atoms with Crippen molar-refractivity contribution < 1.29 is 34.9 Å². The van der Waals surface area contributed by atoms with Crippen LogP contribution in [0.5, 0.6) is 5.75 Å². The highest BCUT2D eigenvalue weighted by Crippen LogP contribution is 2.30. The molecule has 1 rings (SSSR count). The Bertz CT molecular complexity index is 446. The lowest BCUT2D eigenvalue weighted by Crippen LogP contribution is -2.15. The van der Waals surface area contributed by atoms with Gasteiger partial charge in [0.1, 0.15) is 28.7 Å². The van der Waals surface area contributed by atoms with Crippen molar-refractivity contribution in [3.05, 3.63) is 29.3 Å². The second-order valence-electron chi connectivity index (χ2n) is 2.94. The van der Waals surface area contributed by atoms with Gasteiger partial charge in [0.05, 0.1) is 6.42 Å². The molecule has 1 aromatic rings. The Morgan fingerprint density at radius 1 is 1.29 bits per heavy atom. The average Bonchev–Trinajstić information content (AvgIpc) is 2.08. The van der Waals surface area contributed by atoms with Gasteiger partial charge in [0.2, 0.25) is 0 Å². The molecule has 1 unspecified atom stereocenters. The van der Waals surface area contributed by atoms with Crippen molar-refractivity contribution in [2.24, 2.45) is 0 Å². The van der Waals surface area contributed by atoms with Gasteiger partial charge in [-0.25, -0.2) is 13.0 Å². The molecule has 0 spiro atoms. The van der Waals surface area contributed by atoms with Crippen LogP contribution in [0.15, 0.2) is 12.1 Å². The van der Waals surface area contributed by atoms with Crippen molar-refractivity contribution >= 4 is 11.4 Å². The number of rotatable bonds is 3. The van der Waals surface area contributed by atoms with E-state index >= 15 is 0 Å². The van der Waals surface area contributed by atoms with Crippen molar-refractivity contribution in [3.63, 3.8) is 0 Å². The van der Waals surface area contributed by atoms with Crippen molar-refractivity contribution in [1.29, 1.82) is 0 Å². The maximum Gasteiger partial charge on any atom is 0.393 e. The van der Waals surface area contributed by atoms with E-state index in [-0.39, 0.29) is 6.07 Å². The standard InChI is InChI=1S/C8H5F5O3S/c9-4-1-6(10)5(3-8(11,12)13)7(2-4)16-17(14)15/h1-2H,3H2,(H,14,15)/p-1. The molecular weight excluding hydrogens is 271 g/mol. The van der Waals surface area contributed by atoms with Gasteiger partial charge in [-0.1, -0.05) is 0 Å². The molecule has 0 saturated heterocycles. The fourth-order valence-corrected chi connectivity index (χ4v) is 1.39. The molecule has 0 aliphatic rings. The zero-order valence-electron chi connectivity index (χ0n) is 7.88. The van der Waals surface area contributed by atoms with Gasteiger partial charge >= 0.3 is 6.18 Å². The van der Waals surface area contributed by atoms with E-state index < -0.39 is 46.9 Å². The molecule has 0 bridgehead atoms. The van der Waals surface area contributed by atoms with Crippen molar-refractivity contribution in [3.8, 4) is 5.75 Å². The predicted molar refractivity (Wildman–Crippen MR) is 45.7 cm³/mol. The topological polar surface area (TPSA) is 49.4 Å².